The molecular formula is C20H27ClO2. The molecule has 0 amide bonds. The van der Waals surface area contributed by atoms with Gasteiger partial charge < -0.3 is 9.47 Å². The molecule has 1 aromatic rings. The first kappa shape index (κ1) is 17.0. The van der Waals surface area contributed by atoms with Crippen LogP contribution in [0.1, 0.15) is 49.7 Å². The van der Waals surface area contributed by atoms with Crippen LogP contribution >= 0.6 is 11.6 Å². The van der Waals surface area contributed by atoms with Gasteiger partial charge in [0.05, 0.1) is 13.2 Å². The van der Waals surface area contributed by atoms with Crippen LogP contribution in [0, 0.1) is 11.8 Å². The summed E-state index contributed by atoms with van der Waals surface area (Å²) in [7, 11) is 0. The van der Waals surface area contributed by atoms with Crippen molar-refractivity contribution in [2.75, 3.05) is 13.2 Å². The monoisotopic (exact) mass is 334 g/mol. The lowest BCUT2D eigenvalue weighted by atomic mass is 9.81. The van der Waals surface area contributed by atoms with Gasteiger partial charge in [0.15, 0.2) is 6.29 Å². The van der Waals surface area contributed by atoms with Gasteiger partial charge in [0.2, 0.25) is 0 Å². The maximum atomic E-state index is 6.07. The Morgan fingerprint density at radius 3 is 2.26 bits per heavy atom. The van der Waals surface area contributed by atoms with Crippen molar-refractivity contribution in [3.8, 4) is 0 Å². The van der Waals surface area contributed by atoms with Crippen molar-refractivity contribution in [1.29, 1.82) is 0 Å². The summed E-state index contributed by atoms with van der Waals surface area (Å²) in [6.45, 7) is 3.74. The average Bonchev–Trinajstić information content (AvgIpc) is 2.63. The minimum atomic E-state index is -0.0119. The molecule has 0 radical (unpaired) electrons. The highest BCUT2D eigenvalue weighted by atomic mass is 35.5. The van der Waals surface area contributed by atoms with E-state index >= 15 is 0 Å². The van der Waals surface area contributed by atoms with Crippen LogP contribution in [0.3, 0.4) is 0 Å². The predicted octanol–water partition coefficient (Wildman–Crippen LogP) is 5.26. The number of aryl methyl sites for hydroxylation is 1. The first-order valence-corrected chi connectivity index (χ1v) is 9.32. The smallest absolute Gasteiger partial charge is 0.160 e. The molecule has 0 N–H and O–H groups in total. The second-order valence-corrected chi connectivity index (χ2v) is 7.07. The molecule has 0 aromatic heterocycles. The van der Waals surface area contributed by atoms with Crippen LogP contribution in [-0.4, -0.2) is 19.5 Å². The summed E-state index contributed by atoms with van der Waals surface area (Å²) < 4.78 is 12.1. The number of benzene rings is 1. The number of rotatable bonds is 4. The Bertz CT molecular complexity index is 495. The van der Waals surface area contributed by atoms with Crippen LogP contribution < -0.4 is 0 Å². The molecule has 0 spiro atoms. The zero-order valence-electron chi connectivity index (χ0n) is 13.9. The van der Waals surface area contributed by atoms with Crippen molar-refractivity contribution in [3.05, 3.63) is 47.0 Å². The largest absolute Gasteiger partial charge is 0.352 e. The lowest BCUT2D eigenvalue weighted by Crippen LogP contribution is -2.37. The van der Waals surface area contributed by atoms with Gasteiger partial charge in [0, 0.05) is 17.4 Å². The Morgan fingerprint density at radius 1 is 1.04 bits per heavy atom. The molecule has 0 atom stereocenters. The molecule has 1 heterocycles. The number of hydrogen-bond donors (Lipinski definition) is 0. The minimum absolute atomic E-state index is 0.0119. The molecule has 1 aromatic carbocycles. The van der Waals surface area contributed by atoms with Gasteiger partial charge in [0.1, 0.15) is 0 Å². The summed E-state index contributed by atoms with van der Waals surface area (Å²) in [5, 5.41) is 0. The average molecular weight is 335 g/mol. The molecule has 2 fully saturated rings. The summed E-state index contributed by atoms with van der Waals surface area (Å²) in [5.41, 5.74) is 4.37. The SMILES string of the molecule is CCc1ccc(C2COC(C3CCC(/C=C/Cl)CC3)OC2)cc1. The number of ether oxygens (including phenoxy) is 2. The lowest BCUT2D eigenvalue weighted by Gasteiger charge is -2.37. The van der Waals surface area contributed by atoms with E-state index in [-0.39, 0.29) is 6.29 Å². The Balaban J connectivity index is 1.48. The first-order valence-electron chi connectivity index (χ1n) is 8.89. The van der Waals surface area contributed by atoms with Crippen LogP contribution in [-0.2, 0) is 15.9 Å². The van der Waals surface area contributed by atoms with Crippen molar-refractivity contribution in [2.24, 2.45) is 11.8 Å². The predicted molar refractivity (Wildman–Crippen MR) is 94.7 cm³/mol. The van der Waals surface area contributed by atoms with E-state index in [1.807, 2.05) is 0 Å². The fourth-order valence-electron chi connectivity index (χ4n) is 3.72. The number of hydrogen-bond acceptors (Lipinski definition) is 2. The van der Waals surface area contributed by atoms with Gasteiger partial charge in [-0.05, 0) is 49.1 Å². The maximum absolute atomic E-state index is 6.07. The van der Waals surface area contributed by atoms with Crippen LogP contribution in [0.25, 0.3) is 0 Å². The highest BCUT2D eigenvalue weighted by molar-refractivity contribution is 6.25. The van der Waals surface area contributed by atoms with Crippen LogP contribution in [0.2, 0.25) is 0 Å². The summed E-state index contributed by atoms with van der Waals surface area (Å²) in [6, 6.07) is 8.88. The van der Waals surface area contributed by atoms with E-state index in [9.17, 15) is 0 Å². The molecule has 3 heteroatoms. The summed E-state index contributed by atoms with van der Waals surface area (Å²) in [6.07, 6.45) is 7.93. The zero-order valence-corrected chi connectivity index (χ0v) is 14.7. The Hall–Kier alpha value is -0.830. The molecule has 23 heavy (non-hydrogen) atoms. The van der Waals surface area contributed by atoms with E-state index in [4.69, 9.17) is 21.1 Å². The van der Waals surface area contributed by atoms with Crippen LogP contribution in [0.15, 0.2) is 35.9 Å². The zero-order chi connectivity index (χ0) is 16.1. The fraction of sp³-hybridized carbons (Fsp3) is 0.600. The molecule has 1 aliphatic heterocycles. The lowest BCUT2D eigenvalue weighted by molar-refractivity contribution is -0.217. The van der Waals surface area contributed by atoms with Crippen molar-refractivity contribution < 1.29 is 9.47 Å². The van der Waals surface area contributed by atoms with Crippen molar-refractivity contribution >= 4 is 11.6 Å². The Morgan fingerprint density at radius 2 is 1.70 bits per heavy atom. The Kier molecular flexibility index (Phi) is 6.15. The second kappa shape index (κ2) is 8.32. The summed E-state index contributed by atoms with van der Waals surface area (Å²) in [5.74, 6) is 1.54. The Labute approximate surface area is 144 Å². The third-order valence-electron chi connectivity index (χ3n) is 5.33. The maximum Gasteiger partial charge on any atom is 0.160 e. The third kappa shape index (κ3) is 4.37. The molecule has 0 unspecified atom stereocenters. The highest BCUT2D eigenvalue weighted by Gasteiger charge is 2.32. The molecule has 1 aliphatic carbocycles. The molecule has 2 aliphatic rings. The molecule has 0 bridgehead atoms. The summed E-state index contributed by atoms with van der Waals surface area (Å²) in [4.78, 5) is 0. The second-order valence-electron chi connectivity index (χ2n) is 6.82. The topological polar surface area (TPSA) is 18.5 Å². The van der Waals surface area contributed by atoms with E-state index in [1.165, 1.54) is 36.8 Å². The van der Waals surface area contributed by atoms with Crippen molar-refractivity contribution in [2.45, 2.75) is 51.2 Å². The van der Waals surface area contributed by atoms with Gasteiger partial charge in [0.25, 0.3) is 0 Å². The molecule has 3 rings (SSSR count). The molecule has 1 saturated heterocycles. The minimum Gasteiger partial charge on any atom is -0.352 e. The first-order chi connectivity index (χ1) is 11.3. The fourth-order valence-corrected chi connectivity index (χ4v) is 3.93. The molecule has 1 saturated carbocycles. The number of allylic oxidation sites excluding steroid dienone is 1. The van der Waals surface area contributed by atoms with Gasteiger partial charge in [-0.2, -0.15) is 0 Å². The van der Waals surface area contributed by atoms with E-state index < -0.39 is 0 Å². The van der Waals surface area contributed by atoms with E-state index in [0.717, 1.165) is 19.6 Å². The highest BCUT2D eigenvalue weighted by Crippen LogP contribution is 2.35. The van der Waals surface area contributed by atoms with Gasteiger partial charge in [-0.3, -0.25) is 0 Å². The quantitative estimate of drug-likeness (QED) is 0.747. The van der Waals surface area contributed by atoms with Crippen LogP contribution in [0.4, 0.5) is 0 Å². The summed E-state index contributed by atoms with van der Waals surface area (Å²) >= 11 is 5.68. The number of halogens is 1. The van der Waals surface area contributed by atoms with Gasteiger partial charge in [-0.1, -0.05) is 48.9 Å². The third-order valence-corrected chi connectivity index (χ3v) is 5.47. The standard InChI is InChI=1S/C20H27ClO2/c1-2-15-3-7-17(8-4-15)19-13-22-20(23-14-19)18-9-5-16(6-10-18)11-12-21/h3-4,7-8,11-12,16,18-20H,2,5-6,9-10,13-14H2,1H3/b12-11+. The van der Waals surface area contributed by atoms with Gasteiger partial charge in [-0.15, -0.1) is 0 Å². The van der Waals surface area contributed by atoms with Crippen LogP contribution in [0.5, 0.6) is 0 Å². The van der Waals surface area contributed by atoms with E-state index in [1.54, 1.807) is 5.54 Å². The normalized spacial score (nSPS) is 32.3. The molecule has 2 nitrogen and oxygen atoms in total. The van der Waals surface area contributed by atoms with E-state index in [0.29, 0.717) is 17.8 Å². The van der Waals surface area contributed by atoms with Crippen molar-refractivity contribution in [3.63, 3.8) is 0 Å². The molecular weight excluding hydrogens is 308 g/mol. The van der Waals surface area contributed by atoms with Gasteiger partial charge in [-0.25, -0.2) is 0 Å². The van der Waals surface area contributed by atoms with E-state index in [2.05, 4.69) is 37.3 Å². The van der Waals surface area contributed by atoms with Crippen molar-refractivity contribution in [1.82, 2.24) is 0 Å². The van der Waals surface area contributed by atoms with Gasteiger partial charge >= 0.3 is 0 Å². The molecule has 126 valence electrons.